The number of unbranched alkanes of at least 4 members (excludes halogenated alkanes) is 40. The number of carbonyl (C=O) groups excluding carboxylic acids is 3. The summed E-state index contributed by atoms with van der Waals surface area (Å²) in [5.74, 6) is -0.861. The molecule has 0 heterocycles. The van der Waals surface area contributed by atoms with Crippen molar-refractivity contribution in [3.63, 3.8) is 0 Å². The molecule has 6 nitrogen and oxygen atoms in total. The van der Waals surface area contributed by atoms with Crippen molar-refractivity contribution in [2.75, 3.05) is 13.2 Å². The molecule has 0 saturated carbocycles. The molecule has 0 radical (unpaired) electrons. The van der Waals surface area contributed by atoms with E-state index in [4.69, 9.17) is 14.2 Å². The molecule has 0 aromatic heterocycles. The standard InChI is InChI=1S/C61H114O6/c1-4-7-10-13-15-17-19-21-22-23-24-25-26-27-28-29-30-31-32-33-34-35-36-37-38-40-41-43-45-48-51-54-60(63)66-57-58(56-65-59(62)53-50-47-12-9-6-3)67-61(64)55-52-49-46-44-42-39-20-18-16-14-11-8-5-2/h19,21,23-24,58H,4-18,20,22,25-57H2,1-3H3/b21-19-,24-23-. The van der Waals surface area contributed by atoms with E-state index < -0.39 is 6.10 Å². The first-order valence-corrected chi connectivity index (χ1v) is 29.8. The summed E-state index contributed by atoms with van der Waals surface area (Å²) in [4.78, 5) is 37.7. The number of ether oxygens (including phenoxy) is 3. The SMILES string of the molecule is CCCCCCC/C=C\C/C=C\CCCCCCCCCCCCCCCCCCCCCC(=O)OCC(COC(=O)CCCCCCC)OC(=O)CCCCCCCCCCCCCCC. The first-order chi connectivity index (χ1) is 33.0. The van der Waals surface area contributed by atoms with Crippen LogP contribution in [-0.2, 0) is 28.6 Å². The second-order valence-corrected chi connectivity index (χ2v) is 20.3. The molecular weight excluding hydrogens is 829 g/mol. The molecule has 0 bridgehead atoms. The summed E-state index contributed by atoms with van der Waals surface area (Å²) in [6.07, 6.45) is 66.7. The first-order valence-electron chi connectivity index (χ1n) is 29.8. The molecule has 0 amide bonds. The summed E-state index contributed by atoms with van der Waals surface area (Å²) in [5, 5.41) is 0. The van der Waals surface area contributed by atoms with E-state index in [1.54, 1.807) is 0 Å². The fraction of sp³-hybridized carbons (Fsp3) is 0.885. The lowest BCUT2D eigenvalue weighted by atomic mass is 10.0. The van der Waals surface area contributed by atoms with Crippen LogP contribution in [0.2, 0.25) is 0 Å². The lowest BCUT2D eigenvalue weighted by molar-refractivity contribution is -0.167. The van der Waals surface area contributed by atoms with E-state index in [9.17, 15) is 14.4 Å². The summed E-state index contributed by atoms with van der Waals surface area (Å²) < 4.78 is 16.7. The summed E-state index contributed by atoms with van der Waals surface area (Å²) in [5.41, 5.74) is 0. The zero-order valence-electron chi connectivity index (χ0n) is 45.2. The molecule has 394 valence electrons. The van der Waals surface area contributed by atoms with E-state index in [2.05, 4.69) is 45.1 Å². The third-order valence-electron chi connectivity index (χ3n) is 13.5. The second-order valence-electron chi connectivity index (χ2n) is 20.3. The van der Waals surface area contributed by atoms with Gasteiger partial charge >= 0.3 is 17.9 Å². The Morgan fingerprint density at radius 2 is 0.537 bits per heavy atom. The first kappa shape index (κ1) is 64.9. The van der Waals surface area contributed by atoms with Crippen LogP contribution in [0.4, 0.5) is 0 Å². The van der Waals surface area contributed by atoms with Gasteiger partial charge in [0.2, 0.25) is 0 Å². The number of allylic oxidation sites excluding steroid dienone is 4. The molecule has 0 fully saturated rings. The van der Waals surface area contributed by atoms with Crippen molar-refractivity contribution in [3.8, 4) is 0 Å². The van der Waals surface area contributed by atoms with Crippen LogP contribution in [0.25, 0.3) is 0 Å². The zero-order valence-corrected chi connectivity index (χ0v) is 45.2. The van der Waals surface area contributed by atoms with Gasteiger partial charge in [-0.1, -0.05) is 283 Å². The van der Waals surface area contributed by atoms with Gasteiger partial charge in [0.25, 0.3) is 0 Å². The Morgan fingerprint density at radius 3 is 0.821 bits per heavy atom. The number of rotatable bonds is 55. The maximum atomic E-state index is 12.7. The maximum absolute atomic E-state index is 12.7. The smallest absolute Gasteiger partial charge is 0.306 e. The van der Waals surface area contributed by atoms with Crippen molar-refractivity contribution in [2.24, 2.45) is 0 Å². The van der Waals surface area contributed by atoms with E-state index in [0.29, 0.717) is 19.3 Å². The third-order valence-corrected chi connectivity index (χ3v) is 13.5. The van der Waals surface area contributed by atoms with Gasteiger partial charge in [-0.05, 0) is 51.4 Å². The molecule has 0 N–H and O–H groups in total. The molecule has 67 heavy (non-hydrogen) atoms. The highest BCUT2D eigenvalue weighted by atomic mass is 16.6. The minimum absolute atomic E-state index is 0.0657. The Hall–Kier alpha value is -2.11. The van der Waals surface area contributed by atoms with Gasteiger partial charge in [-0.2, -0.15) is 0 Å². The van der Waals surface area contributed by atoms with Gasteiger partial charge in [-0.25, -0.2) is 0 Å². The number of esters is 3. The average Bonchev–Trinajstić information content (AvgIpc) is 3.33. The Bertz CT molecular complexity index is 1080. The van der Waals surface area contributed by atoms with Crippen LogP contribution in [0.3, 0.4) is 0 Å². The van der Waals surface area contributed by atoms with Crippen molar-refractivity contribution in [1.82, 2.24) is 0 Å². The predicted molar refractivity (Wildman–Crippen MR) is 289 cm³/mol. The third kappa shape index (κ3) is 54.7. The highest BCUT2D eigenvalue weighted by Crippen LogP contribution is 2.17. The minimum atomic E-state index is -0.761. The van der Waals surface area contributed by atoms with Gasteiger partial charge < -0.3 is 14.2 Å². The van der Waals surface area contributed by atoms with Gasteiger partial charge in [-0.15, -0.1) is 0 Å². The molecule has 0 spiro atoms. The van der Waals surface area contributed by atoms with Gasteiger partial charge in [-0.3, -0.25) is 14.4 Å². The van der Waals surface area contributed by atoms with Crippen LogP contribution in [-0.4, -0.2) is 37.2 Å². The average molecular weight is 944 g/mol. The molecule has 0 aromatic rings. The zero-order chi connectivity index (χ0) is 48.6. The van der Waals surface area contributed by atoms with Gasteiger partial charge in [0.1, 0.15) is 13.2 Å². The van der Waals surface area contributed by atoms with Crippen molar-refractivity contribution in [1.29, 1.82) is 0 Å². The number of hydrogen-bond acceptors (Lipinski definition) is 6. The largest absolute Gasteiger partial charge is 0.462 e. The van der Waals surface area contributed by atoms with Gasteiger partial charge in [0.15, 0.2) is 6.10 Å². The molecule has 6 heteroatoms. The van der Waals surface area contributed by atoms with Crippen LogP contribution in [0.15, 0.2) is 24.3 Å². The van der Waals surface area contributed by atoms with Crippen LogP contribution < -0.4 is 0 Å². The summed E-state index contributed by atoms with van der Waals surface area (Å²) in [7, 11) is 0. The Morgan fingerprint density at radius 1 is 0.299 bits per heavy atom. The molecule has 1 unspecified atom stereocenters. The van der Waals surface area contributed by atoms with Crippen molar-refractivity contribution >= 4 is 17.9 Å². The van der Waals surface area contributed by atoms with Gasteiger partial charge in [0.05, 0.1) is 0 Å². The maximum Gasteiger partial charge on any atom is 0.306 e. The van der Waals surface area contributed by atoms with Crippen molar-refractivity contribution in [3.05, 3.63) is 24.3 Å². The Balaban J connectivity index is 3.89. The van der Waals surface area contributed by atoms with Gasteiger partial charge in [0, 0.05) is 19.3 Å². The van der Waals surface area contributed by atoms with Crippen LogP contribution >= 0.6 is 0 Å². The fourth-order valence-corrected chi connectivity index (χ4v) is 8.95. The lowest BCUT2D eigenvalue weighted by Gasteiger charge is -2.18. The summed E-state index contributed by atoms with van der Waals surface area (Å²) >= 11 is 0. The Labute approximate surface area is 417 Å². The molecule has 0 saturated heterocycles. The fourth-order valence-electron chi connectivity index (χ4n) is 8.95. The molecule has 0 aliphatic rings. The molecule has 1 atom stereocenters. The Kier molecular flexibility index (Phi) is 54.7. The molecular formula is C61H114O6. The topological polar surface area (TPSA) is 78.9 Å². The van der Waals surface area contributed by atoms with E-state index >= 15 is 0 Å². The van der Waals surface area contributed by atoms with Crippen LogP contribution in [0.5, 0.6) is 0 Å². The van der Waals surface area contributed by atoms with E-state index in [1.165, 1.54) is 218 Å². The summed E-state index contributed by atoms with van der Waals surface area (Å²) in [6, 6.07) is 0. The van der Waals surface area contributed by atoms with Crippen LogP contribution in [0, 0.1) is 0 Å². The molecule has 0 rings (SSSR count). The number of hydrogen-bond donors (Lipinski definition) is 0. The molecule has 0 aliphatic heterocycles. The van der Waals surface area contributed by atoms with Crippen LogP contribution in [0.1, 0.15) is 329 Å². The predicted octanol–water partition coefficient (Wildman–Crippen LogP) is 19.9. The monoisotopic (exact) mass is 943 g/mol. The quantitative estimate of drug-likeness (QED) is 0.0262. The molecule has 0 aromatic carbocycles. The van der Waals surface area contributed by atoms with Crippen molar-refractivity contribution in [2.45, 2.75) is 335 Å². The second kappa shape index (κ2) is 56.5. The molecule has 0 aliphatic carbocycles. The van der Waals surface area contributed by atoms with E-state index in [0.717, 1.165) is 70.6 Å². The lowest BCUT2D eigenvalue weighted by Crippen LogP contribution is -2.30. The normalized spacial score (nSPS) is 12.1. The van der Waals surface area contributed by atoms with E-state index in [1.807, 2.05) is 0 Å². The minimum Gasteiger partial charge on any atom is -0.462 e. The van der Waals surface area contributed by atoms with E-state index in [-0.39, 0.29) is 31.1 Å². The van der Waals surface area contributed by atoms with Crippen molar-refractivity contribution < 1.29 is 28.6 Å². The highest BCUT2D eigenvalue weighted by Gasteiger charge is 2.19. The summed E-state index contributed by atoms with van der Waals surface area (Å²) in [6.45, 7) is 6.58. The number of carbonyl (C=O) groups is 3. The highest BCUT2D eigenvalue weighted by molar-refractivity contribution is 5.71.